The van der Waals surface area contributed by atoms with Gasteiger partial charge in [-0.25, -0.2) is 0 Å². The molecule has 2 heterocycles. The number of aromatic nitrogens is 3. The van der Waals surface area contributed by atoms with Gasteiger partial charge in [0, 0.05) is 19.0 Å². The first-order valence-electron chi connectivity index (χ1n) is 6.01. The molecule has 0 aliphatic carbocycles. The Morgan fingerprint density at radius 1 is 1.60 bits per heavy atom. The van der Waals surface area contributed by atoms with Crippen molar-refractivity contribution in [1.29, 1.82) is 0 Å². The second-order valence-electron chi connectivity index (χ2n) is 4.33. The number of thiophene rings is 1. The fourth-order valence-electron chi connectivity index (χ4n) is 1.76. The number of carboxylic acid groups (broad SMARTS) is 1. The quantitative estimate of drug-likeness (QED) is 0.825. The first-order chi connectivity index (χ1) is 9.50. The molecule has 0 aromatic carbocycles. The van der Waals surface area contributed by atoms with Gasteiger partial charge >= 0.3 is 5.97 Å². The van der Waals surface area contributed by atoms with E-state index in [4.69, 9.17) is 5.11 Å². The summed E-state index contributed by atoms with van der Waals surface area (Å²) < 4.78 is 1.82. The number of aliphatic carboxylic acids is 1. The Labute approximate surface area is 125 Å². The summed E-state index contributed by atoms with van der Waals surface area (Å²) in [4.78, 5) is 13.9. The minimum absolute atomic E-state index is 0.0177. The first-order valence-corrected chi connectivity index (χ1v) is 7.87. The number of rotatable bonds is 6. The van der Waals surface area contributed by atoms with Crippen LogP contribution in [-0.4, -0.2) is 38.6 Å². The zero-order chi connectivity index (χ0) is 14.7. The summed E-state index contributed by atoms with van der Waals surface area (Å²) in [6.45, 7) is 2.10. The molecule has 6 nitrogen and oxygen atoms in total. The maximum Gasteiger partial charge on any atom is 0.313 e. The van der Waals surface area contributed by atoms with Crippen LogP contribution in [0.2, 0.25) is 0 Å². The predicted molar refractivity (Wildman–Crippen MR) is 80.5 cm³/mol. The average molecular weight is 312 g/mol. The van der Waals surface area contributed by atoms with Crippen molar-refractivity contribution in [1.82, 2.24) is 14.8 Å². The zero-order valence-corrected chi connectivity index (χ0v) is 13.1. The maximum absolute atomic E-state index is 10.6. The molecule has 8 heteroatoms. The number of nitrogens with zero attached hydrogens (tertiary/aromatic N) is 4. The Bertz CT molecular complexity index is 582. The smallest absolute Gasteiger partial charge is 0.313 e. The SMILES string of the molecule is CC(c1cccs1)N(C)c1nnc(SCC(=O)O)n1C. The molecule has 0 aliphatic heterocycles. The molecule has 1 atom stereocenters. The summed E-state index contributed by atoms with van der Waals surface area (Å²) in [7, 11) is 3.80. The molecule has 0 aliphatic rings. The highest BCUT2D eigenvalue weighted by Gasteiger charge is 2.19. The summed E-state index contributed by atoms with van der Waals surface area (Å²) in [6.07, 6.45) is 0. The van der Waals surface area contributed by atoms with E-state index in [0.717, 1.165) is 5.95 Å². The van der Waals surface area contributed by atoms with Crippen molar-refractivity contribution >= 4 is 35.0 Å². The molecule has 0 bridgehead atoms. The molecular formula is C12H16N4O2S2. The Morgan fingerprint density at radius 2 is 2.35 bits per heavy atom. The van der Waals surface area contributed by atoms with E-state index in [1.54, 1.807) is 11.3 Å². The monoisotopic (exact) mass is 312 g/mol. The molecule has 2 aromatic rings. The molecule has 0 saturated heterocycles. The second-order valence-corrected chi connectivity index (χ2v) is 6.25. The molecule has 2 aromatic heterocycles. The van der Waals surface area contributed by atoms with Crippen molar-refractivity contribution in [2.24, 2.45) is 7.05 Å². The van der Waals surface area contributed by atoms with Crippen molar-refractivity contribution in [2.45, 2.75) is 18.1 Å². The van der Waals surface area contributed by atoms with Crippen LogP contribution in [-0.2, 0) is 11.8 Å². The third-order valence-electron chi connectivity index (χ3n) is 2.99. The summed E-state index contributed by atoms with van der Waals surface area (Å²) in [5.74, 6) is -0.158. The van der Waals surface area contributed by atoms with Gasteiger partial charge in [0.15, 0.2) is 5.16 Å². The number of anilines is 1. The minimum Gasteiger partial charge on any atom is -0.481 e. The van der Waals surface area contributed by atoms with E-state index >= 15 is 0 Å². The molecule has 0 fully saturated rings. The lowest BCUT2D eigenvalue weighted by Crippen LogP contribution is -2.24. The minimum atomic E-state index is -0.861. The number of carbonyl (C=O) groups is 1. The molecule has 108 valence electrons. The van der Waals surface area contributed by atoms with Gasteiger partial charge in [0.2, 0.25) is 5.95 Å². The van der Waals surface area contributed by atoms with Crippen molar-refractivity contribution in [3.05, 3.63) is 22.4 Å². The number of hydrogen-bond acceptors (Lipinski definition) is 6. The van der Waals surface area contributed by atoms with Crippen LogP contribution in [0.5, 0.6) is 0 Å². The molecule has 0 amide bonds. The van der Waals surface area contributed by atoms with Crippen LogP contribution in [0.15, 0.2) is 22.7 Å². The Morgan fingerprint density at radius 3 is 2.95 bits per heavy atom. The van der Waals surface area contributed by atoms with E-state index in [1.807, 2.05) is 35.0 Å². The number of thioether (sulfide) groups is 1. The fourth-order valence-corrected chi connectivity index (χ4v) is 3.21. The van der Waals surface area contributed by atoms with Gasteiger partial charge < -0.3 is 10.0 Å². The lowest BCUT2D eigenvalue weighted by molar-refractivity contribution is -0.133. The molecule has 20 heavy (non-hydrogen) atoms. The van der Waals surface area contributed by atoms with E-state index < -0.39 is 5.97 Å². The zero-order valence-electron chi connectivity index (χ0n) is 11.5. The van der Waals surface area contributed by atoms with Crippen molar-refractivity contribution in [3.8, 4) is 0 Å². The summed E-state index contributed by atoms with van der Waals surface area (Å²) in [5.41, 5.74) is 0. The first kappa shape index (κ1) is 14.9. The normalized spacial score (nSPS) is 12.3. The Balaban J connectivity index is 2.14. The van der Waals surface area contributed by atoms with Gasteiger partial charge in [-0.05, 0) is 18.4 Å². The van der Waals surface area contributed by atoms with E-state index in [2.05, 4.69) is 23.2 Å². The van der Waals surface area contributed by atoms with Crippen LogP contribution in [0, 0.1) is 0 Å². The largest absolute Gasteiger partial charge is 0.481 e. The number of carboxylic acids is 1. The molecule has 0 spiro atoms. The standard InChI is InChI=1S/C12H16N4O2S2/c1-8(9-5-4-6-19-9)15(2)11-13-14-12(16(11)3)20-7-10(17)18/h4-6,8H,7H2,1-3H3,(H,17,18). The van der Waals surface area contributed by atoms with Crippen molar-refractivity contribution in [2.75, 3.05) is 17.7 Å². The van der Waals surface area contributed by atoms with Crippen molar-refractivity contribution in [3.63, 3.8) is 0 Å². The van der Waals surface area contributed by atoms with Gasteiger partial charge in [0.25, 0.3) is 0 Å². The van der Waals surface area contributed by atoms with E-state index in [0.29, 0.717) is 5.16 Å². The molecule has 2 rings (SSSR count). The molecular weight excluding hydrogens is 296 g/mol. The van der Waals surface area contributed by atoms with Crippen LogP contribution >= 0.6 is 23.1 Å². The van der Waals surface area contributed by atoms with E-state index in [1.165, 1.54) is 16.6 Å². The second kappa shape index (κ2) is 6.27. The van der Waals surface area contributed by atoms with Gasteiger partial charge in [-0.15, -0.1) is 21.5 Å². The van der Waals surface area contributed by atoms with Gasteiger partial charge in [-0.3, -0.25) is 9.36 Å². The predicted octanol–water partition coefficient (Wildman–Crippen LogP) is 2.25. The molecule has 0 radical (unpaired) electrons. The molecule has 0 saturated carbocycles. The van der Waals surface area contributed by atoms with Crippen LogP contribution < -0.4 is 4.90 Å². The topological polar surface area (TPSA) is 71.2 Å². The third kappa shape index (κ3) is 3.13. The Kier molecular flexibility index (Phi) is 4.66. The highest BCUT2D eigenvalue weighted by molar-refractivity contribution is 7.99. The van der Waals surface area contributed by atoms with Crippen LogP contribution in [0.3, 0.4) is 0 Å². The summed E-state index contributed by atoms with van der Waals surface area (Å²) in [5, 5.41) is 19.6. The highest BCUT2D eigenvalue weighted by Crippen LogP contribution is 2.28. The van der Waals surface area contributed by atoms with Gasteiger partial charge in [-0.2, -0.15) is 0 Å². The fraction of sp³-hybridized carbons (Fsp3) is 0.417. The van der Waals surface area contributed by atoms with Gasteiger partial charge in [0.05, 0.1) is 11.8 Å². The maximum atomic E-state index is 10.6. The van der Waals surface area contributed by atoms with Gasteiger partial charge in [0.1, 0.15) is 0 Å². The third-order valence-corrected chi connectivity index (χ3v) is 5.04. The Hall–Kier alpha value is -1.54. The summed E-state index contributed by atoms with van der Waals surface area (Å²) in [6, 6.07) is 4.30. The number of hydrogen-bond donors (Lipinski definition) is 1. The van der Waals surface area contributed by atoms with Crippen LogP contribution in [0.1, 0.15) is 17.8 Å². The summed E-state index contributed by atoms with van der Waals surface area (Å²) >= 11 is 2.87. The average Bonchev–Trinajstić information content (AvgIpc) is 3.04. The van der Waals surface area contributed by atoms with E-state index in [9.17, 15) is 4.79 Å². The van der Waals surface area contributed by atoms with Crippen LogP contribution in [0.4, 0.5) is 5.95 Å². The molecule has 1 N–H and O–H groups in total. The van der Waals surface area contributed by atoms with Gasteiger partial charge in [-0.1, -0.05) is 17.8 Å². The highest BCUT2D eigenvalue weighted by atomic mass is 32.2. The van der Waals surface area contributed by atoms with Crippen LogP contribution in [0.25, 0.3) is 0 Å². The lowest BCUT2D eigenvalue weighted by Gasteiger charge is -2.24. The molecule has 1 unspecified atom stereocenters. The van der Waals surface area contributed by atoms with E-state index in [-0.39, 0.29) is 11.8 Å². The van der Waals surface area contributed by atoms with Crippen molar-refractivity contribution < 1.29 is 9.90 Å². The lowest BCUT2D eigenvalue weighted by atomic mass is 10.2.